The summed E-state index contributed by atoms with van der Waals surface area (Å²) >= 11 is 1.57. The van der Waals surface area contributed by atoms with Crippen LogP contribution in [-0.4, -0.2) is 46.6 Å². The normalized spacial score (nSPS) is 17.6. The van der Waals surface area contributed by atoms with Gasteiger partial charge in [-0.15, -0.1) is 11.3 Å². The Hall–Kier alpha value is -2.25. The summed E-state index contributed by atoms with van der Waals surface area (Å²) in [7, 11) is 1.69. The molecule has 0 saturated heterocycles. The number of nitrogens with zero attached hydrogens (tertiary/aromatic N) is 3. The number of likely N-dealkylation sites (N-methyl/N-ethyl adjacent to an activating group) is 1. The Bertz CT molecular complexity index is 840. The third kappa shape index (κ3) is 3.88. The Kier molecular flexibility index (Phi) is 5.15. The summed E-state index contributed by atoms with van der Waals surface area (Å²) < 4.78 is 1.08. The van der Waals surface area contributed by atoms with E-state index in [4.69, 9.17) is 0 Å². The van der Waals surface area contributed by atoms with Crippen LogP contribution in [0.3, 0.4) is 0 Å². The number of thiazole rings is 1. The molecule has 0 radical (unpaired) electrons. The standard InChI is InChI=1S/C18H22N4O2S/c1-11(2)6-13(9-23)20-18-21-15(17(24)22(18)3)7-12-4-5-14-16(8-12)25-10-19-14/h4-5,7-8,10-11,13,23H,6,9H2,1-3H3,(H,20,21)/b15-7-. The lowest BCUT2D eigenvalue weighted by atomic mass is 10.0. The largest absolute Gasteiger partial charge is 0.394 e. The summed E-state index contributed by atoms with van der Waals surface area (Å²) in [5.74, 6) is 0.761. The number of rotatable bonds is 5. The molecule has 1 atom stereocenters. The second kappa shape index (κ2) is 7.33. The molecule has 1 aliphatic heterocycles. The van der Waals surface area contributed by atoms with Crippen molar-refractivity contribution in [1.82, 2.24) is 15.2 Å². The average molecular weight is 358 g/mol. The van der Waals surface area contributed by atoms with Crippen LogP contribution in [0.2, 0.25) is 0 Å². The molecule has 132 valence electrons. The van der Waals surface area contributed by atoms with Gasteiger partial charge in [0.2, 0.25) is 5.96 Å². The molecule has 3 rings (SSSR count). The Morgan fingerprint density at radius 1 is 1.40 bits per heavy atom. The van der Waals surface area contributed by atoms with Crippen LogP contribution in [0.25, 0.3) is 16.3 Å². The minimum Gasteiger partial charge on any atom is -0.394 e. The summed E-state index contributed by atoms with van der Waals surface area (Å²) in [6, 6.07) is 5.75. The fourth-order valence-corrected chi connectivity index (χ4v) is 3.50. The van der Waals surface area contributed by atoms with Crippen molar-refractivity contribution in [3.05, 3.63) is 35.0 Å². The molecule has 0 saturated carbocycles. The van der Waals surface area contributed by atoms with Crippen molar-refractivity contribution in [1.29, 1.82) is 0 Å². The topological polar surface area (TPSA) is 77.8 Å². The lowest BCUT2D eigenvalue weighted by molar-refractivity contribution is -0.121. The van der Waals surface area contributed by atoms with Crippen LogP contribution in [0.5, 0.6) is 0 Å². The molecule has 2 N–H and O–H groups in total. The van der Waals surface area contributed by atoms with E-state index < -0.39 is 0 Å². The van der Waals surface area contributed by atoms with Crippen molar-refractivity contribution in [2.75, 3.05) is 13.7 Å². The number of amides is 1. The van der Waals surface area contributed by atoms with E-state index in [9.17, 15) is 9.90 Å². The number of aliphatic imine (C=N–C) groups is 1. The van der Waals surface area contributed by atoms with Gasteiger partial charge < -0.3 is 10.4 Å². The fraction of sp³-hybridized carbons (Fsp3) is 0.389. The number of guanidine groups is 1. The van der Waals surface area contributed by atoms with Crippen molar-refractivity contribution in [2.45, 2.75) is 26.3 Å². The third-order valence-corrected chi connectivity index (χ3v) is 4.83. The first-order valence-electron chi connectivity index (χ1n) is 8.27. The van der Waals surface area contributed by atoms with E-state index in [0.29, 0.717) is 17.6 Å². The molecule has 2 heterocycles. The lowest BCUT2D eigenvalue weighted by Gasteiger charge is -2.21. The summed E-state index contributed by atoms with van der Waals surface area (Å²) in [6.07, 6.45) is 2.59. The first-order chi connectivity index (χ1) is 12.0. The van der Waals surface area contributed by atoms with Gasteiger partial charge in [-0.25, -0.2) is 9.98 Å². The van der Waals surface area contributed by atoms with Crippen molar-refractivity contribution in [2.24, 2.45) is 10.9 Å². The maximum Gasteiger partial charge on any atom is 0.279 e. The minimum absolute atomic E-state index is 0.000321. The predicted octanol–water partition coefficient (Wildman–Crippen LogP) is 2.46. The Labute approximate surface area is 150 Å². The highest BCUT2D eigenvalue weighted by Crippen LogP contribution is 2.22. The molecule has 6 nitrogen and oxygen atoms in total. The van der Waals surface area contributed by atoms with Gasteiger partial charge in [0, 0.05) is 7.05 Å². The summed E-state index contributed by atoms with van der Waals surface area (Å²) in [4.78, 5) is 22.6. The maximum absolute atomic E-state index is 12.5. The van der Waals surface area contributed by atoms with E-state index in [-0.39, 0.29) is 18.6 Å². The van der Waals surface area contributed by atoms with Crippen molar-refractivity contribution in [3.63, 3.8) is 0 Å². The van der Waals surface area contributed by atoms with Crippen molar-refractivity contribution < 1.29 is 9.90 Å². The maximum atomic E-state index is 12.5. The van der Waals surface area contributed by atoms with Crippen LogP contribution in [0.15, 0.2) is 34.4 Å². The number of fused-ring (bicyclic) bond motifs is 1. The molecule has 1 amide bonds. The van der Waals surface area contributed by atoms with E-state index in [0.717, 1.165) is 22.2 Å². The van der Waals surface area contributed by atoms with Crippen molar-refractivity contribution >= 4 is 39.5 Å². The SMILES string of the molecule is CC(C)CC(CO)NC1=N/C(=C\c2ccc3ncsc3c2)C(=O)N1C. The first kappa shape index (κ1) is 17.6. The van der Waals surface area contributed by atoms with Crippen LogP contribution in [0.1, 0.15) is 25.8 Å². The molecule has 1 aliphatic rings. The zero-order valence-corrected chi connectivity index (χ0v) is 15.4. The van der Waals surface area contributed by atoms with Gasteiger partial charge in [0.15, 0.2) is 0 Å². The molecule has 2 aromatic rings. The van der Waals surface area contributed by atoms with Gasteiger partial charge in [0.25, 0.3) is 5.91 Å². The molecule has 1 aromatic carbocycles. The van der Waals surface area contributed by atoms with Gasteiger partial charge in [0.1, 0.15) is 5.70 Å². The van der Waals surface area contributed by atoms with E-state index in [1.165, 1.54) is 4.90 Å². The number of hydrogen-bond acceptors (Lipinski definition) is 6. The Morgan fingerprint density at radius 2 is 2.20 bits per heavy atom. The fourth-order valence-electron chi connectivity index (χ4n) is 2.78. The van der Waals surface area contributed by atoms with Crippen LogP contribution < -0.4 is 5.32 Å². The number of benzene rings is 1. The molecule has 1 unspecified atom stereocenters. The number of aromatic nitrogens is 1. The van der Waals surface area contributed by atoms with Gasteiger partial charge in [0.05, 0.1) is 28.4 Å². The highest BCUT2D eigenvalue weighted by Gasteiger charge is 2.28. The monoisotopic (exact) mass is 358 g/mol. The second-order valence-electron chi connectivity index (χ2n) is 6.56. The zero-order chi connectivity index (χ0) is 18.0. The second-order valence-corrected chi connectivity index (χ2v) is 7.45. The number of carbonyl (C=O) groups excluding carboxylic acids is 1. The Morgan fingerprint density at radius 3 is 2.92 bits per heavy atom. The molecular weight excluding hydrogens is 336 g/mol. The zero-order valence-electron chi connectivity index (χ0n) is 14.6. The first-order valence-corrected chi connectivity index (χ1v) is 9.15. The average Bonchev–Trinajstić information content (AvgIpc) is 3.14. The Balaban J connectivity index is 1.83. The molecule has 0 bridgehead atoms. The summed E-state index contributed by atoms with van der Waals surface area (Å²) in [5, 5.41) is 12.7. The minimum atomic E-state index is -0.159. The third-order valence-electron chi connectivity index (χ3n) is 4.04. The molecule has 1 aromatic heterocycles. The van der Waals surface area contributed by atoms with Crippen LogP contribution >= 0.6 is 11.3 Å². The smallest absolute Gasteiger partial charge is 0.279 e. The van der Waals surface area contributed by atoms with E-state index in [2.05, 4.69) is 29.1 Å². The number of carbonyl (C=O) groups is 1. The van der Waals surface area contributed by atoms with Crippen molar-refractivity contribution in [3.8, 4) is 0 Å². The van der Waals surface area contributed by atoms with Crippen LogP contribution in [-0.2, 0) is 4.79 Å². The van der Waals surface area contributed by atoms with Gasteiger partial charge in [-0.05, 0) is 36.1 Å². The summed E-state index contributed by atoms with van der Waals surface area (Å²) in [5.41, 5.74) is 4.06. The van der Waals surface area contributed by atoms with E-state index in [1.807, 2.05) is 18.2 Å². The van der Waals surface area contributed by atoms with E-state index >= 15 is 0 Å². The van der Waals surface area contributed by atoms with Gasteiger partial charge in [-0.1, -0.05) is 19.9 Å². The molecule has 25 heavy (non-hydrogen) atoms. The predicted molar refractivity (Wildman–Crippen MR) is 101 cm³/mol. The lowest BCUT2D eigenvalue weighted by Crippen LogP contribution is -2.45. The summed E-state index contributed by atoms with van der Waals surface area (Å²) in [6.45, 7) is 4.19. The van der Waals surface area contributed by atoms with Gasteiger partial charge in [-0.2, -0.15) is 0 Å². The molecule has 7 heteroatoms. The number of aliphatic hydroxyl groups is 1. The van der Waals surface area contributed by atoms with Gasteiger partial charge in [-0.3, -0.25) is 9.69 Å². The number of aliphatic hydroxyl groups excluding tert-OH is 1. The number of nitrogens with one attached hydrogen (secondary N) is 1. The highest BCUT2D eigenvalue weighted by atomic mass is 32.1. The van der Waals surface area contributed by atoms with Crippen LogP contribution in [0.4, 0.5) is 0 Å². The quantitative estimate of drug-likeness (QED) is 0.805. The molecule has 0 spiro atoms. The number of hydrogen-bond donors (Lipinski definition) is 2. The molecule has 0 fully saturated rings. The van der Waals surface area contributed by atoms with E-state index in [1.54, 1.807) is 30.0 Å². The molecular formula is C18H22N4O2S. The van der Waals surface area contributed by atoms with Gasteiger partial charge >= 0.3 is 0 Å². The molecule has 0 aliphatic carbocycles. The van der Waals surface area contributed by atoms with Crippen LogP contribution in [0, 0.1) is 5.92 Å². The highest BCUT2D eigenvalue weighted by molar-refractivity contribution is 7.16.